The van der Waals surface area contributed by atoms with Gasteiger partial charge in [-0.1, -0.05) is 48.5 Å². The first-order valence-electron chi connectivity index (χ1n) is 24.7. The molecule has 83 heavy (non-hydrogen) atoms. The van der Waals surface area contributed by atoms with Gasteiger partial charge in [-0.05, 0) is 130 Å². The van der Waals surface area contributed by atoms with Gasteiger partial charge in [-0.15, -0.1) is 0 Å². The van der Waals surface area contributed by atoms with Crippen molar-refractivity contribution in [3.05, 3.63) is 179 Å². The van der Waals surface area contributed by atoms with Gasteiger partial charge in [-0.25, -0.2) is 9.56 Å². The fraction of sp³-hybridized carbons (Fsp3) is 0.283. The van der Waals surface area contributed by atoms with Crippen molar-refractivity contribution < 1.29 is 82.0 Å². The highest BCUT2D eigenvalue weighted by Crippen LogP contribution is 2.56. The number of hydrogen-bond acceptors (Lipinski definition) is 22. The molecule has 0 amide bonds. The van der Waals surface area contributed by atoms with Crippen molar-refractivity contribution in [3.8, 4) is 34.5 Å². The summed E-state index contributed by atoms with van der Waals surface area (Å²) in [4.78, 5) is 0. The quantitative estimate of drug-likeness (QED) is 0.0158. The van der Waals surface area contributed by atoms with Crippen LogP contribution in [0.1, 0.15) is 33.4 Å². The average Bonchev–Trinajstić information content (AvgIpc) is 3.58. The van der Waals surface area contributed by atoms with Crippen LogP contribution in [0.5, 0.6) is 34.5 Å². The Morgan fingerprint density at radius 1 is 0.349 bits per heavy atom. The molecule has 0 aliphatic carbocycles. The zero-order chi connectivity index (χ0) is 60.3. The summed E-state index contributed by atoms with van der Waals surface area (Å²) in [6.07, 6.45) is 3.40. The molecule has 0 N–H and O–H groups in total. The van der Waals surface area contributed by atoms with Gasteiger partial charge in [0.25, 0.3) is 0 Å². The second kappa shape index (κ2) is 30.9. The molecule has 0 saturated heterocycles. The van der Waals surface area contributed by atoms with E-state index in [-0.39, 0.29) is 31.4 Å². The standard InChI is InChI=1S/C53H66N4O18P6S2/c1-56(80(82,72-50-27-15-44(16-28-50)37-76(58,62-3)63-4)73-51-29-17-45(18-30-51)38-77(59,64-5)65-6)54-35-42-11-23-48(24-12-42)70-41-71-49-25-13-43(14-26-49)36-55-57(2)81(83,74-52-31-19-46(20-32-52)39-78(60,66-7)67-8)75-53-33-21-47(22-34-53)40-79(61,68-9)69-10/h11-36H,37-41H2,1-10H3/b54-35+,55-36+. The summed E-state index contributed by atoms with van der Waals surface area (Å²) < 4.78 is 132. The molecule has 0 fully saturated rings. The van der Waals surface area contributed by atoms with Crippen LogP contribution in [0.4, 0.5) is 0 Å². The minimum atomic E-state index is -3.47. The van der Waals surface area contributed by atoms with E-state index in [1.165, 1.54) is 66.4 Å². The highest BCUT2D eigenvalue weighted by atomic mass is 32.5. The largest absolute Gasteiger partial charge is 0.458 e. The third-order valence-electron chi connectivity index (χ3n) is 12.0. The molecule has 30 heteroatoms. The van der Waals surface area contributed by atoms with Crippen molar-refractivity contribution in [2.45, 2.75) is 24.6 Å². The van der Waals surface area contributed by atoms with E-state index >= 15 is 0 Å². The zero-order valence-corrected chi connectivity index (χ0v) is 54.2. The summed E-state index contributed by atoms with van der Waals surface area (Å²) in [5, 5.41) is 9.23. The number of hydrogen-bond donors (Lipinski definition) is 0. The molecule has 0 unspecified atom stereocenters. The van der Waals surface area contributed by atoms with Gasteiger partial charge in [0.2, 0.25) is 6.79 Å². The first-order chi connectivity index (χ1) is 39.6. The average molecular weight is 1300 g/mol. The van der Waals surface area contributed by atoms with E-state index < -0.39 is 43.7 Å². The minimum Gasteiger partial charge on any atom is -0.458 e. The van der Waals surface area contributed by atoms with Crippen LogP contribution >= 0.6 is 43.7 Å². The van der Waals surface area contributed by atoms with Gasteiger partial charge >= 0.3 is 43.7 Å². The number of benzene rings is 6. The van der Waals surface area contributed by atoms with Crippen molar-refractivity contribution >= 4 is 79.7 Å². The van der Waals surface area contributed by atoms with Crippen LogP contribution in [0.3, 0.4) is 0 Å². The lowest BCUT2D eigenvalue weighted by Crippen LogP contribution is -2.17. The lowest BCUT2D eigenvalue weighted by atomic mass is 10.2. The third-order valence-corrected chi connectivity index (χ3v) is 25.1. The summed E-state index contributed by atoms with van der Waals surface area (Å²) in [5.74, 6) is 2.56. The van der Waals surface area contributed by atoms with Gasteiger partial charge < -0.3 is 63.8 Å². The lowest BCUT2D eigenvalue weighted by molar-refractivity contribution is 0.120. The van der Waals surface area contributed by atoms with E-state index in [9.17, 15) is 18.3 Å². The second-order valence-corrected chi connectivity index (χ2v) is 33.0. The maximum Gasteiger partial charge on any atom is 0.410 e. The molecule has 6 aromatic carbocycles. The molecule has 448 valence electrons. The Kier molecular flexibility index (Phi) is 24.9. The molecule has 0 bridgehead atoms. The predicted octanol–water partition coefficient (Wildman–Crippen LogP) is 14.3. The van der Waals surface area contributed by atoms with Crippen molar-refractivity contribution in [1.82, 2.24) is 9.56 Å². The fourth-order valence-electron chi connectivity index (χ4n) is 7.03. The zero-order valence-electron chi connectivity index (χ0n) is 47.2. The first-order valence-corrected chi connectivity index (χ1v) is 36.8. The van der Waals surface area contributed by atoms with E-state index in [4.69, 9.17) is 87.4 Å². The van der Waals surface area contributed by atoms with Crippen LogP contribution in [0.15, 0.2) is 156 Å². The first kappa shape index (κ1) is 67.1. The van der Waals surface area contributed by atoms with E-state index in [0.717, 1.165) is 0 Å². The van der Waals surface area contributed by atoms with Crippen LogP contribution in [0.2, 0.25) is 0 Å². The molecular weight excluding hydrogens is 1230 g/mol. The molecule has 22 nitrogen and oxygen atoms in total. The Bertz CT molecular complexity index is 2990. The normalized spacial score (nSPS) is 12.6. The van der Waals surface area contributed by atoms with Crippen molar-refractivity contribution in [2.24, 2.45) is 10.2 Å². The van der Waals surface area contributed by atoms with Crippen LogP contribution in [0, 0.1) is 0 Å². The van der Waals surface area contributed by atoms with Gasteiger partial charge in [0, 0.05) is 94.6 Å². The van der Waals surface area contributed by atoms with Crippen LogP contribution in [0.25, 0.3) is 0 Å². The Labute approximate surface area is 494 Å². The summed E-state index contributed by atoms with van der Waals surface area (Å²) in [6, 6.07) is 41.5. The van der Waals surface area contributed by atoms with Gasteiger partial charge in [-0.2, -0.15) is 10.2 Å². The smallest absolute Gasteiger partial charge is 0.410 e. The molecule has 0 saturated carbocycles. The highest BCUT2D eigenvalue weighted by Gasteiger charge is 2.32. The van der Waals surface area contributed by atoms with Gasteiger partial charge in [-0.3, -0.25) is 18.3 Å². The second-order valence-electron chi connectivity index (χ2n) is 17.4. The van der Waals surface area contributed by atoms with Gasteiger partial charge in [0.1, 0.15) is 34.5 Å². The number of ether oxygens (including phenoxy) is 2. The van der Waals surface area contributed by atoms with Crippen LogP contribution in [-0.2, 0) is 103 Å². The monoisotopic (exact) mass is 1300 g/mol. The molecular formula is C53H66N4O18P6S2. The van der Waals surface area contributed by atoms with Crippen molar-refractivity contribution in [3.63, 3.8) is 0 Å². The number of rotatable bonds is 34. The van der Waals surface area contributed by atoms with Crippen molar-refractivity contribution in [1.29, 1.82) is 0 Å². The van der Waals surface area contributed by atoms with Crippen LogP contribution in [-0.4, -0.2) is 99.8 Å². The Hall–Kier alpha value is -5.04. The van der Waals surface area contributed by atoms with Gasteiger partial charge in [0.15, 0.2) is 0 Å². The van der Waals surface area contributed by atoms with Crippen molar-refractivity contribution in [2.75, 3.05) is 77.8 Å². The van der Waals surface area contributed by atoms with Gasteiger partial charge in [0.05, 0.1) is 37.1 Å². The molecule has 0 aliphatic rings. The maximum atomic E-state index is 12.8. The van der Waals surface area contributed by atoms with E-state index in [2.05, 4.69) is 10.2 Å². The molecule has 0 radical (unpaired) electrons. The fourth-order valence-corrected chi connectivity index (χ4v) is 15.0. The summed E-state index contributed by atoms with van der Waals surface area (Å²) in [6.45, 7) is -7.03. The van der Waals surface area contributed by atoms with Crippen LogP contribution < -0.4 is 27.6 Å². The minimum absolute atomic E-state index is 0.0514. The predicted molar refractivity (Wildman–Crippen MR) is 328 cm³/mol. The third kappa shape index (κ3) is 20.0. The van der Waals surface area contributed by atoms with E-state index in [1.54, 1.807) is 172 Å². The Morgan fingerprint density at radius 2 is 0.554 bits per heavy atom. The lowest BCUT2D eigenvalue weighted by Gasteiger charge is -2.29. The molecule has 6 rings (SSSR count). The molecule has 0 spiro atoms. The summed E-state index contributed by atoms with van der Waals surface area (Å²) in [5.41, 5.74) is 4.18. The highest BCUT2D eigenvalue weighted by molar-refractivity contribution is 8.09. The number of nitrogens with zero attached hydrogens (tertiary/aromatic N) is 4. The van der Waals surface area contributed by atoms with E-state index in [0.29, 0.717) is 67.9 Å². The Balaban J connectivity index is 1.08. The topological polar surface area (TPSA) is 229 Å². The summed E-state index contributed by atoms with van der Waals surface area (Å²) in [7, 11) is 0.656. The Morgan fingerprint density at radius 3 is 0.759 bits per heavy atom. The summed E-state index contributed by atoms with van der Waals surface area (Å²) >= 11 is 12.2. The molecule has 0 aliphatic heterocycles. The molecule has 0 atom stereocenters. The molecule has 0 heterocycles. The maximum absolute atomic E-state index is 12.8. The molecule has 6 aromatic rings. The SMILES string of the molecule is COP(=O)(Cc1ccc(OP(=S)(Oc2ccc(CP(=O)(OC)OC)cc2)N(C)/N=C/c2ccc(OCOc3ccc(/C=N/N(C)P(=S)(Oc4ccc(CP(=O)(OC)OC)cc4)Oc4ccc(CP(=O)(OC)OC)cc4)cc3)cc2)cc1)OC. The molecule has 0 aromatic heterocycles. The number of hydrazone groups is 2. The van der Waals surface area contributed by atoms with E-state index in [1.807, 2.05) is 0 Å².